The van der Waals surface area contributed by atoms with Crippen molar-refractivity contribution in [3.63, 3.8) is 0 Å². The third-order valence-electron chi connectivity index (χ3n) is 3.29. The van der Waals surface area contributed by atoms with Gasteiger partial charge < -0.3 is 19.5 Å². The number of nitrogens with one attached hydrogen (secondary N) is 1. The predicted octanol–water partition coefficient (Wildman–Crippen LogP) is 3.04. The van der Waals surface area contributed by atoms with Crippen molar-refractivity contribution in [3.8, 4) is 11.5 Å². The van der Waals surface area contributed by atoms with Crippen molar-refractivity contribution in [2.75, 3.05) is 26.1 Å². The van der Waals surface area contributed by atoms with E-state index in [1.54, 1.807) is 18.2 Å². The normalized spacial score (nSPS) is 10.4. The minimum atomic E-state index is -0.672. The Morgan fingerprint density at radius 3 is 2.38 bits per heavy atom. The van der Waals surface area contributed by atoms with Crippen LogP contribution in [0.25, 0.3) is 6.08 Å². The van der Waals surface area contributed by atoms with Crippen LogP contribution in [0, 0.1) is 5.82 Å². The lowest BCUT2D eigenvalue weighted by atomic mass is 10.2. The van der Waals surface area contributed by atoms with Crippen LogP contribution < -0.4 is 14.8 Å². The van der Waals surface area contributed by atoms with Crippen LogP contribution in [-0.4, -0.2) is 32.7 Å². The maximum Gasteiger partial charge on any atom is 0.331 e. The summed E-state index contributed by atoms with van der Waals surface area (Å²) in [6, 6.07) is 10.4. The van der Waals surface area contributed by atoms with E-state index < -0.39 is 24.3 Å². The molecule has 0 fully saturated rings. The predicted molar refractivity (Wildman–Crippen MR) is 94.6 cm³/mol. The van der Waals surface area contributed by atoms with Crippen molar-refractivity contribution < 1.29 is 28.2 Å². The second-order valence-corrected chi connectivity index (χ2v) is 5.11. The van der Waals surface area contributed by atoms with Gasteiger partial charge in [-0.15, -0.1) is 0 Å². The largest absolute Gasteiger partial charge is 0.493 e. The zero-order valence-electron chi connectivity index (χ0n) is 14.3. The molecule has 0 aromatic heterocycles. The Morgan fingerprint density at radius 1 is 1.04 bits per heavy atom. The molecule has 0 saturated carbocycles. The molecule has 0 radical (unpaired) electrons. The van der Waals surface area contributed by atoms with Gasteiger partial charge in [0.2, 0.25) is 0 Å². The number of esters is 1. The molecule has 0 aliphatic heterocycles. The van der Waals surface area contributed by atoms with Gasteiger partial charge in [-0.2, -0.15) is 0 Å². The lowest BCUT2D eigenvalue weighted by molar-refractivity contribution is -0.142. The summed E-state index contributed by atoms with van der Waals surface area (Å²) in [5, 5.41) is 2.49. The van der Waals surface area contributed by atoms with Crippen LogP contribution in [-0.2, 0) is 14.3 Å². The van der Waals surface area contributed by atoms with Crippen molar-refractivity contribution in [1.82, 2.24) is 0 Å². The van der Waals surface area contributed by atoms with Gasteiger partial charge in [0.15, 0.2) is 18.1 Å². The molecule has 0 atom stereocenters. The quantitative estimate of drug-likeness (QED) is 0.608. The molecule has 0 aliphatic carbocycles. The molecule has 0 unspecified atom stereocenters. The van der Waals surface area contributed by atoms with Crippen LogP contribution >= 0.6 is 0 Å². The van der Waals surface area contributed by atoms with E-state index in [1.807, 2.05) is 0 Å². The molecule has 7 heteroatoms. The molecular formula is C19H18FNO5. The molecule has 2 aromatic rings. The highest BCUT2D eigenvalue weighted by molar-refractivity contribution is 5.94. The monoisotopic (exact) mass is 359 g/mol. The summed E-state index contributed by atoms with van der Waals surface area (Å²) in [5.74, 6) is -0.500. The van der Waals surface area contributed by atoms with E-state index in [2.05, 4.69) is 5.32 Å². The fourth-order valence-corrected chi connectivity index (χ4v) is 2.04. The number of hydrogen-bond donors (Lipinski definition) is 1. The first kappa shape index (κ1) is 19.0. The summed E-state index contributed by atoms with van der Waals surface area (Å²) >= 11 is 0. The van der Waals surface area contributed by atoms with Gasteiger partial charge >= 0.3 is 5.97 Å². The zero-order valence-corrected chi connectivity index (χ0v) is 14.3. The fraction of sp³-hybridized carbons (Fsp3) is 0.158. The summed E-state index contributed by atoms with van der Waals surface area (Å²) in [6.07, 6.45) is 2.73. The van der Waals surface area contributed by atoms with Crippen LogP contribution in [0.4, 0.5) is 10.1 Å². The highest BCUT2D eigenvalue weighted by Gasteiger charge is 2.07. The van der Waals surface area contributed by atoms with E-state index in [9.17, 15) is 14.0 Å². The average molecular weight is 359 g/mol. The first-order valence-corrected chi connectivity index (χ1v) is 7.64. The van der Waals surface area contributed by atoms with Crippen molar-refractivity contribution in [1.29, 1.82) is 0 Å². The van der Waals surface area contributed by atoms with Gasteiger partial charge in [0.25, 0.3) is 5.91 Å². The molecule has 0 heterocycles. The molecule has 1 N–H and O–H groups in total. The van der Waals surface area contributed by atoms with Crippen molar-refractivity contribution >= 4 is 23.6 Å². The number of carbonyl (C=O) groups excluding carboxylic acids is 2. The fourth-order valence-electron chi connectivity index (χ4n) is 2.04. The maximum atomic E-state index is 12.8. The maximum absolute atomic E-state index is 12.8. The van der Waals surface area contributed by atoms with Crippen LogP contribution in [0.2, 0.25) is 0 Å². The van der Waals surface area contributed by atoms with Crippen LogP contribution in [0.5, 0.6) is 11.5 Å². The highest BCUT2D eigenvalue weighted by Crippen LogP contribution is 2.27. The first-order valence-electron chi connectivity index (χ1n) is 7.64. The number of rotatable bonds is 7. The SMILES string of the molecule is COc1ccc(/C=C/C(=O)OCC(=O)Nc2ccc(F)cc2)cc1OC. The van der Waals surface area contributed by atoms with E-state index in [0.717, 1.165) is 0 Å². The minimum absolute atomic E-state index is 0.408. The van der Waals surface area contributed by atoms with Crippen LogP contribution in [0.15, 0.2) is 48.5 Å². The molecule has 26 heavy (non-hydrogen) atoms. The Labute approximate surface area is 150 Å². The van der Waals surface area contributed by atoms with Gasteiger partial charge in [-0.1, -0.05) is 6.07 Å². The van der Waals surface area contributed by atoms with Gasteiger partial charge in [-0.05, 0) is 48.0 Å². The molecule has 1 amide bonds. The summed E-state index contributed by atoms with van der Waals surface area (Å²) in [5.41, 5.74) is 1.11. The van der Waals surface area contributed by atoms with Crippen molar-refractivity contribution in [3.05, 3.63) is 59.9 Å². The number of amides is 1. The van der Waals surface area contributed by atoms with Gasteiger partial charge in [-0.3, -0.25) is 4.79 Å². The number of halogens is 1. The zero-order chi connectivity index (χ0) is 18.9. The second-order valence-electron chi connectivity index (χ2n) is 5.11. The molecule has 0 spiro atoms. The summed E-state index contributed by atoms with van der Waals surface area (Å²) in [4.78, 5) is 23.4. The number of hydrogen-bond acceptors (Lipinski definition) is 5. The number of anilines is 1. The molecule has 2 aromatic carbocycles. The van der Waals surface area contributed by atoms with E-state index in [-0.39, 0.29) is 0 Å². The van der Waals surface area contributed by atoms with E-state index in [1.165, 1.54) is 50.6 Å². The smallest absolute Gasteiger partial charge is 0.331 e. The van der Waals surface area contributed by atoms with Gasteiger partial charge in [0, 0.05) is 11.8 Å². The Kier molecular flexibility index (Phi) is 6.73. The standard InChI is InChI=1S/C19H18FNO5/c1-24-16-9-3-13(11-17(16)25-2)4-10-19(23)26-12-18(22)21-15-7-5-14(20)6-8-15/h3-11H,12H2,1-2H3,(H,21,22)/b10-4+. The van der Waals surface area contributed by atoms with Crippen molar-refractivity contribution in [2.24, 2.45) is 0 Å². The summed E-state index contributed by atoms with van der Waals surface area (Å²) in [6.45, 7) is -0.452. The molecule has 0 saturated heterocycles. The number of methoxy groups -OCH3 is 2. The topological polar surface area (TPSA) is 73.9 Å². The first-order chi connectivity index (χ1) is 12.5. The molecule has 6 nitrogen and oxygen atoms in total. The van der Waals surface area contributed by atoms with Crippen LogP contribution in [0.1, 0.15) is 5.56 Å². The van der Waals surface area contributed by atoms with E-state index in [4.69, 9.17) is 14.2 Å². The van der Waals surface area contributed by atoms with Gasteiger partial charge in [0.1, 0.15) is 5.82 Å². The van der Waals surface area contributed by atoms with Crippen molar-refractivity contribution in [2.45, 2.75) is 0 Å². The Balaban J connectivity index is 1.85. The number of benzene rings is 2. The van der Waals surface area contributed by atoms with E-state index >= 15 is 0 Å². The summed E-state index contributed by atoms with van der Waals surface area (Å²) < 4.78 is 27.9. The Bertz CT molecular complexity index is 802. The minimum Gasteiger partial charge on any atom is -0.493 e. The molecule has 0 bridgehead atoms. The second kappa shape index (κ2) is 9.22. The third kappa shape index (κ3) is 5.62. The lowest BCUT2D eigenvalue weighted by Gasteiger charge is -2.07. The number of ether oxygens (including phenoxy) is 3. The number of carbonyl (C=O) groups is 2. The van der Waals surface area contributed by atoms with Gasteiger partial charge in [0.05, 0.1) is 14.2 Å². The Morgan fingerprint density at radius 2 is 1.73 bits per heavy atom. The summed E-state index contributed by atoms with van der Waals surface area (Å²) in [7, 11) is 3.04. The van der Waals surface area contributed by atoms with Gasteiger partial charge in [-0.25, -0.2) is 9.18 Å². The highest BCUT2D eigenvalue weighted by atomic mass is 19.1. The Hall–Kier alpha value is -3.35. The average Bonchev–Trinajstić information content (AvgIpc) is 2.66. The molecule has 136 valence electrons. The van der Waals surface area contributed by atoms with E-state index in [0.29, 0.717) is 22.7 Å². The molecule has 2 rings (SSSR count). The molecular weight excluding hydrogens is 341 g/mol. The van der Waals surface area contributed by atoms with Crippen LogP contribution in [0.3, 0.4) is 0 Å². The molecule has 0 aliphatic rings. The lowest BCUT2D eigenvalue weighted by Crippen LogP contribution is -2.20. The third-order valence-corrected chi connectivity index (χ3v) is 3.29.